The van der Waals surface area contributed by atoms with Crippen LogP contribution < -0.4 is 5.32 Å². The standard InChI is InChI=1S/C14H20N2S.C12H16N2S.C11H14N2S/c1-8(2)12-6-15-11(5)16-13(12)14-10(4)9(3)7-17-14;1-4-10-7-9(2)15-12(10)11-5-6-13-8-14(11)3;1-8-6-9(2)14-11(8)10-4-5-12-7-13(10)3/h6-8,13H,1-5H3,(H,15,16);5-8,11H,4H2,1-3H3;4-7,10H,1-3H3. The maximum atomic E-state index is 4.78. The number of nitrogens with one attached hydrogen (secondary N) is 1. The molecule has 0 amide bonds. The maximum Gasteiger partial charge on any atom is 0.109 e. The highest BCUT2D eigenvalue weighted by molar-refractivity contribution is 7.12. The molecule has 46 heavy (non-hydrogen) atoms. The summed E-state index contributed by atoms with van der Waals surface area (Å²) in [5.74, 6) is 1.52. The van der Waals surface area contributed by atoms with Crippen molar-refractivity contribution in [3.8, 4) is 0 Å². The van der Waals surface area contributed by atoms with Crippen molar-refractivity contribution in [2.75, 3.05) is 14.1 Å². The summed E-state index contributed by atoms with van der Waals surface area (Å²) in [5, 5.41) is 5.46. The third-order valence-corrected chi connectivity index (χ3v) is 12.0. The minimum Gasteiger partial charge on any atom is -0.354 e. The number of hydrogen-bond acceptors (Lipinski definition) is 9. The second-order valence-electron chi connectivity index (χ2n) is 12.4. The van der Waals surface area contributed by atoms with Crippen LogP contribution in [-0.4, -0.2) is 42.4 Å². The minimum atomic E-state index is 0.218. The molecule has 3 atom stereocenters. The van der Waals surface area contributed by atoms with Gasteiger partial charge in [-0.15, -0.1) is 34.0 Å². The Morgan fingerprint density at radius 2 is 1.39 bits per heavy atom. The molecule has 0 aliphatic carbocycles. The fourth-order valence-corrected chi connectivity index (χ4v) is 9.18. The van der Waals surface area contributed by atoms with Crippen LogP contribution in [0.3, 0.4) is 0 Å². The zero-order valence-corrected chi connectivity index (χ0v) is 31.7. The molecule has 3 aliphatic rings. The lowest BCUT2D eigenvalue weighted by atomic mass is 9.93. The van der Waals surface area contributed by atoms with Gasteiger partial charge in [0.25, 0.3) is 0 Å². The van der Waals surface area contributed by atoms with Crippen LogP contribution in [0.2, 0.25) is 0 Å². The first-order valence-corrected chi connectivity index (χ1v) is 18.5. The van der Waals surface area contributed by atoms with Crippen LogP contribution in [0.15, 0.2) is 68.8 Å². The summed E-state index contributed by atoms with van der Waals surface area (Å²) in [6.45, 7) is 19.6. The average molecular weight is 675 g/mol. The molecule has 3 aromatic rings. The van der Waals surface area contributed by atoms with Crippen LogP contribution in [0.4, 0.5) is 0 Å². The van der Waals surface area contributed by atoms with Gasteiger partial charge in [0, 0.05) is 57.1 Å². The fraction of sp³-hybridized carbons (Fsp3) is 0.432. The van der Waals surface area contributed by atoms with Gasteiger partial charge in [-0.2, -0.15) is 0 Å². The van der Waals surface area contributed by atoms with Crippen molar-refractivity contribution in [3.05, 3.63) is 100 Å². The summed E-state index contributed by atoms with van der Waals surface area (Å²) >= 11 is 5.59. The summed E-state index contributed by atoms with van der Waals surface area (Å²) in [6.07, 6.45) is 15.1. The van der Waals surface area contributed by atoms with Gasteiger partial charge >= 0.3 is 0 Å². The van der Waals surface area contributed by atoms with E-state index in [0.717, 1.165) is 12.3 Å². The molecule has 1 N–H and O–H groups in total. The second kappa shape index (κ2) is 16.0. The summed E-state index contributed by atoms with van der Waals surface area (Å²) in [7, 11) is 4.14. The first-order chi connectivity index (χ1) is 21.9. The molecule has 246 valence electrons. The van der Waals surface area contributed by atoms with E-state index in [4.69, 9.17) is 4.99 Å². The molecule has 0 aromatic carbocycles. The van der Waals surface area contributed by atoms with E-state index in [1.54, 1.807) is 0 Å². The third-order valence-electron chi connectivity index (χ3n) is 8.37. The lowest BCUT2D eigenvalue weighted by Crippen LogP contribution is -2.23. The highest BCUT2D eigenvalue weighted by atomic mass is 32.1. The summed E-state index contributed by atoms with van der Waals surface area (Å²) in [6, 6.07) is 5.50. The molecule has 0 spiro atoms. The van der Waals surface area contributed by atoms with E-state index in [0.29, 0.717) is 18.0 Å². The van der Waals surface area contributed by atoms with Gasteiger partial charge in [-0.25, -0.2) is 9.98 Å². The zero-order valence-electron chi connectivity index (χ0n) is 29.3. The van der Waals surface area contributed by atoms with Crippen molar-refractivity contribution < 1.29 is 0 Å². The van der Waals surface area contributed by atoms with Crippen molar-refractivity contribution in [1.29, 1.82) is 0 Å². The van der Waals surface area contributed by atoms with Crippen molar-refractivity contribution >= 4 is 52.5 Å². The maximum absolute atomic E-state index is 4.78. The first kappa shape index (κ1) is 35.6. The van der Waals surface area contributed by atoms with E-state index in [9.17, 15) is 0 Å². The molecule has 6 rings (SSSR count). The highest BCUT2D eigenvalue weighted by Gasteiger charge is 2.25. The molecule has 0 fully saturated rings. The largest absolute Gasteiger partial charge is 0.354 e. The monoisotopic (exact) mass is 674 g/mol. The Morgan fingerprint density at radius 1 is 0.804 bits per heavy atom. The van der Waals surface area contributed by atoms with Gasteiger partial charge in [-0.1, -0.05) is 20.8 Å². The zero-order chi connectivity index (χ0) is 33.5. The molecule has 0 saturated carbocycles. The van der Waals surface area contributed by atoms with E-state index in [2.05, 4.69) is 130 Å². The Labute approximate surface area is 288 Å². The smallest absolute Gasteiger partial charge is 0.109 e. The minimum absolute atomic E-state index is 0.218. The predicted octanol–water partition coefficient (Wildman–Crippen LogP) is 10.0. The van der Waals surface area contributed by atoms with Crippen LogP contribution in [0.25, 0.3) is 0 Å². The van der Waals surface area contributed by atoms with Crippen LogP contribution in [0, 0.1) is 40.5 Å². The number of amidine groups is 1. The highest BCUT2D eigenvalue weighted by Crippen LogP contribution is 2.38. The Balaban J connectivity index is 0.000000157. The first-order valence-electron chi connectivity index (χ1n) is 16.0. The number of aryl methyl sites for hydroxylation is 5. The molecule has 6 nitrogen and oxygen atoms in total. The quantitative estimate of drug-likeness (QED) is 0.293. The van der Waals surface area contributed by atoms with E-state index in [1.165, 1.54) is 52.2 Å². The second-order valence-corrected chi connectivity index (χ2v) is 15.9. The SMILES string of the molecule is CC1=NC(c2scc(C)c2C)C(C(C)C)=CN1.CCc1cc(C)sc1C1C=CN=CN1C.Cc1cc(C)c(C2C=CN=CN2C)s1. The lowest BCUT2D eigenvalue weighted by molar-refractivity contribution is 0.449. The lowest BCUT2D eigenvalue weighted by Gasteiger charge is -2.25. The molecule has 0 radical (unpaired) electrons. The topological polar surface area (TPSA) is 55.6 Å². The van der Waals surface area contributed by atoms with Crippen molar-refractivity contribution in [2.45, 2.75) is 86.9 Å². The number of nitrogens with zero attached hydrogens (tertiary/aromatic N) is 5. The number of thiophene rings is 3. The van der Waals surface area contributed by atoms with Crippen LogP contribution >= 0.6 is 34.0 Å². The Morgan fingerprint density at radius 3 is 1.89 bits per heavy atom. The molecule has 3 unspecified atom stereocenters. The van der Waals surface area contributed by atoms with Gasteiger partial charge in [-0.3, -0.25) is 4.99 Å². The molecule has 6 heterocycles. The van der Waals surface area contributed by atoms with Gasteiger partial charge < -0.3 is 15.1 Å². The number of likely N-dealkylation sites (N-methyl/N-ethyl adjacent to an activating group) is 2. The molecule has 3 aromatic heterocycles. The third kappa shape index (κ3) is 8.55. The normalized spacial score (nSPS) is 20.1. The van der Waals surface area contributed by atoms with Crippen molar-refractivity contribution in [2.24, 2.45) is 20.9 Å². The molecule has 3 aliphatic heterocycles. The van der Waals surface area contributed by atoms with Crippen LogP contribution in [-0.2, 0) is 6.42 Å². The molecule has 9 heteroatoms. The summed E-state index contributed by atoms with van der Waals surface area (Å²) in [4.78, 5) is 24.3. The van der Waals surface area contributed by atoms with E-state index >= 15 is 0 Å². The molecule has 0 saturated heterocycles. The Kier molecular flexibility index (Phi) is 12.4. The Bertz CT molecular complexity index is 1660. The summed E-state index contributed by atoms with van der Waals surface area (Å²) in [5.41, 5.74) is 6.99. The van der Waals surface area contributed by atoms with Gasteiger partial charge in [0.05, 0.1) is 30.6 Å². The van der Waals surface area contributed by atoms with E-state index < -0.39 is 0 Å². The predicted molar refractivity (Wildman–Crippen MR) is 204 cm³/mol. The van der Waals surface area contributed by atoms with Crippen LogP contribution in [0.1, 0.15) is 92.5 Å². The number of hydrogen-bond donors (Lipinski definition) is 1. The molecular formula is C37H50N6S3. The van der Waals surface area contributed by atoms with E-state index in [1.807, 2.05) is 66.0 Å². The van der Waals surface area contributed by atoms with E-state index in [-0.39, 0.29) is 6.04 Å². The fourth-order valence-electron chi connectivity index (χ4n) is 5.63. The van der Waals surface area contributed by atoms with Crippen LogP contribution in [0.5, 0.6) is 0 Å². The van der Waals surface area contributed by atoms with Gasteiger partial charge in [0.1, 0.15) is 6.04 Å². The van der Waals surface area contributed by atoms with Crippen molar-refractivity contribution in [3.63, 3.8) is 0 Å². The number of rotatable bonds is 5. The van der Waals surface area contributed by atoms with Crippen molar-refractivity contribution in [1.82, 2.24) is 15.1 Å². The summed E-state index contributed by atoms with van der Waals surface area (Å²) < 4.78 is 0. The molecule has 0 bridgehead atoms. The number of aliphatic imine (C=N–C) groups is 3. The Hall–Kier alpha value is -3.27. The van der Waals surface area contributed by atoms with Gasteiger partial charge in [0.2, 0.25) is 0 Å². The molecular weight excluding hydrogens is 625 g/mol. The average Bonchev–Trinajstić information content (AvgIpc) is 3.68. The van der Waals surface area contributed by atoms with Gasteiger partial charge in [-0.05, 0) is 111 Å². The van der Waals surface area contributed by atoms with Gasteiger partial charge in [0.15, 0.2) is 0 Å².